The van der Waals surface area contributed by atoms with Gasteiger partial charge in [0.1, 0.15) is 12.0 Å². The number of hydrogen-bond acceptors (Lipinski definition) is 7. The first-order valence-electron chi connectivity index (χ1n) is 11.6. The van der Waals surface area contributed by atoms with Crippen molar-refractivity contribution in [3.05, 3.63) is 69.7 Å². The highest BCUT2D eigenvalue weighted by molar-refractivity contribution is 6.09. The van der Waals surface area contributed by atoms with Crippen molar-refractivity contribution in [3.8, 4) is 6.07 Å². The summed E-state index contributed by atoms with van der Waals surface area (Å²) < 4.78 is 5.15. The van der Waals surface area contributed by atoms with Crippen LogP contribution in [0.2, 0.25) is 0 Å². The van der Waals surface area contributed by atoms with E-state index >= 15 is 0 Å². The lowest BCUT2D eigenvalue weighted by molar-refractivity contribution is -0.138. The lowest BCUT2D eigenvalue weighted by Gasteiger charge is -2.28. The Morgan fingerprint density at radius 3 is 2.51 bits per heavy atom. The number of nitriles is 1. The summed E-state index contributed by atoms with van der Waals surface area (Å²) >= 11 is 0. The molecule has 0 bridgehead atoms. The summed E-state index contributed by atoms with van der Waals surface area (Å²) in [6.45, 7) is 3.20. The first-order chi connectivity index (χ1) is 17.0. The van der Waals surface area contributed by atoms with Gasteiger partial charge < -0.3 is 14.5 Å². The van der Waals surface area contributed by atoms with E-state index in [-0.39, 0.29) is 18.1 Å². The predicted octanol–water partition coefficient (Wildman–Crippen LogP) is 1.29. The maximum absolute atomic E-state index is 13.2. The fourth-order valence-electron chi connectivity index (χ4n) is 4.55. The van der Waals surface area contributed by atoms with Crippen LogP contribution in [0.25, 0.3) is 5.70 Å². The third-order valence-electron chi connectivity index (χ3n) is 6.28. The number of fused-ring (bicyclic) bond motifs is 1. The zero-order chi connectivity index (χ0) is 24.9. The normalized spacial score (nSPS) is 17.6. The molecule has 2 heterocycles. The lowest BCUT2D eigenvalue weighted by atomic mass is 10.0. The average molecular weight is 471 g/mol. The van der Waals surface area contributed by atoms with Crippen molar-refractivity contribution >= 4 is 29.2 Å². The Hall–Kier alpha value is -4.21. The molecule has 1 saturated heterocycles. The summed E-state index contributed by atoms with van der Waals surface area (Å²) in [6.07, 6.45) is 2.23. The smallest absolute Gasteiger partial charge is 0.351 e. The molecule has 35 heavy (non-hydrogen) atoms. The Morgan fingerprint density at radius 2 is 1.89 bits per heavy atom. The highest BCUT2D eigenvalue weighted by atomic mass is 16.5. The molecule has 1 amide bonds. The molecular formula is C27H26N4O4. The van der Waals surface area contributed by atoms with Crippen LogP contribution in [0, 0.1) is 11.3 Å². The number of hydrogen-bond donors (Lipinski definition) is 0. The van der Waals surface area contributed by atoms with Gasteiger partial charge in [0.15, 0.2) is 5.57 Å². The number of carbonyl (C=O) groups is 2. The van der Waals surface area contributed by atoms with Crippen LogP contribution in [0.3, 0.4) is 0 Å². The molecular weight excluding hydrogens is 444 g/mol. The van der Waals surface area contributed by atoms with Crippen molar-refractivity contribution in [1.82, 2.24) is 4.90 Å². The molecule has 4 rings (SSSR count). The van der Waals surface area contributed by atoms with Crippen molar-refractivity contribution in [2.75, 3.05) is 31.6 Å². The van der Waals surface area contributed by atoms with Crippen LogP contribution in [0.4, 0.5) is 5.69 Å². The van der Waals surface area contributed by atoms with E-state index < -0.39 is 12.0 Å². The van der Waals surface area contributed by atoms with Gasteiger partial charge in [-0.3, -0.25) is 9.79 Å². The number of para-hydroxylation sites is 1. The quantitative estimate of drug-likeness (QED) is 0.358. The molecule has 0 N–H and O–H groups in total. The number of amides is 1. The molecule has 1 atom stereocenters. The van der Waals surface area contributed by atoms with Crippen LogP contribution >= 0.6 is 0 Å². The molecule has 0 saturated carbocycles. The van der Waals surface area contributed by atoms with E-state index in [1.165, 1.54) is 0 Å². The maximum atomic E-state index is 13.2. The Morgan fingerprint density at radius 1 is 1.17 bits per heavy atom. The maximum Gasteiger partial charge on any atom is 0.351 e. The van der Waals surface area contributed by atoms with Crippen molar-refractivity contribution in [2.24, 2.45) is 4.99 Å². The highest BCUT2D eigenvalue weighted by Crippen LogP contribution is 2.22. The molecule has 178 valence electrons. The minimum atomic E-state index is -0.726. The molecule has 2 aliphatic heterocycles. The zero-order valence-corrected chi connectivity index (χ0v) is 19.8. The fraction of sp³-hybridized carbons (Fsp3) is 0.333. The molecule has 2 aliphatic rings. The van der Waals surface area contributed by atoms with E-state index in [9.17, 15) is 14.4 Å². The van der Waals surface area contributed by atoms with Crippen LogP contribution in [0.15, 0.2) is 53.0 Å². The van der Waals surface area contributed by atoms with Gasteiger partial charge in [-0.15, -0.1) is 0 Å². The Kier molecular flexibility index (Phi) is 7.09. The van der Waals surface area contributed by atoms with Crippen molar-refractivity contribution in [1.29, 1.82) is 5.26 Å². The number of benzene rings is 2. The van der Waals surface area contributed by atoms with E-state index in [0.717, 1.165) is 18.4 Å². The van der Waals surface area contributed by atoms with E-state index in [1.807, 2.05) is 29.0 Å². The standard InChI is InChI=1S/C27H26N4O4/c1-3-35-27(34)21(17-32)25(31-13-4-5-14-31)20-7-6-8-23-24(20)29-22(26(33)30(23)2)15-18-9-11-19(16-28)12-10-18/h6-12,22H,3-5,13-15H2,1-2H3. The number of carbonyl (C=O) groups excluding carboxylic acids is 3. The van der Waals surface area contributed by atoms with Crippen LogP contribution in [-0.2, 0) is 25.5 Å². The van der Waals surface area contributed by atoms with Crippen molar-refractivity contribution in [2.45, 2.75) is 32.2 Å². The number of likely N-dealkylation sites (tertiary alicyclic amines) is 1. The van der Waals surface area contributed by atoms with E-state index in [0.29, 0.717) is 47.0 Å². The number of likely N-dealkylation sites (N-methyl/N-ethyl adjacent to an activating group) is 1. The summed E-state index contributed by atoms with van der Waals surface area (Å²) in [4.78, 5) is 46.3. The number of anilines is 1. The summed E-state index contributed by atoms with van der Waals surface area (Å²) in [7, 11) is 1.70. The second-order valence-electron chi connectivity index (χ2n) is 8.47. The van der Waals surface area contributed by atoms with E-state index in [2.05, 4.69) is 6.07 Å². The topological polar surface area (TPSA) is 103 Å². The molecule has 2 aromatic carbocycles. The monoisotopic (exact) mass is 470 g/mol. The number of ether oxygens (including phenoxy) is 1. The Bertz CT molecular complexity index is 1360. The molecule has 8 nitrogen and oxygen atoms in total. The van der Waals surface area contributed by atoms with Gasteiger partial charge in [-0.25, -0.2) is 9.59 Å². The molecule has 0 radical (unpaired) electrons. The highest BCUT2D eigenvalue weighted by Gasteiger charge is 2.31. The van der Waals surface area contributed by atoms with Gasteiger partial charge >= 0.3 is 5.97 Å². The molecule has 0 spiro atoms. The third-order valence-corrected chi connectivity index (χ3v) is 6.28. The zero-order valence-electron chi connectivity index (χ0n) is 19.8. The first-order valence-corrected chi connectivity index (χ1v) is 11.6. The molecule has 1 fully saturated rings. The van der Waals surface area contributed by atoms with Gasteiger partial charge in [0, 0.05) is 31.8 Å². The number of nitrogens with zero attached hydrogens (tertiary/aromatic N) is 4. The minimum absolute atomic E-state index is 0.137. The summed E-state index contributed by atoms with van der Waals surface area (Å²) in [5.41, 5.74) is 2.30. The first kappa shape index (κ1) is 23.9. The van der Waals surface area contributed by atoms with Gasteiger partial charge in [0.25, 0.3) is 5.91 Å². The summed E-state index contributed by atoms with van der Waals surface area (Å²) in [5.74, 6) is 0.936. The summed E-state index contributed by atoms with van der Waals surface area (Å²) in [6, 6.07) is 13.9. The van der Waals surface area contributed by atoms with Gasteiger partial charge in [-0.1, -0.05) is 24.3 Å². The van der Waals surface area contributed by atoms with Crippen LogP contribution in [0.1, 0.15) is 30.9 Å². The summed E-state index contributed by atoms with van der Waals surface area (Å²) in [5, 5.41) is 10.2. The van der Waals surface area contributed by atoms with Crippen molar-refractivity contribution in [3.63, 3.8) is 0 Å². The van der Waals surface area contributed by atoms with Crippen LogP contribution < -0.4 is 15.5 Å². The van der Waals surface area contributed by atoms with Crippen LogP contribution in [-0.4, -0.2) is 55.5 Å². The van der Waals surface area contributed by atoms with Crippen molar-refractivity contribution < 1.29 is 19.1 Å². The SMILES string of the molecule is CCOC(=O)C(=C=O)C(=c1cccc2c1=NC(Cc1ccc(C#N)cc1)C(=O)N2C)N1CCCC1. The second-order valence-corrected chi connectivity index (χ2v) is 8.47. The number of rotatable bonds is 6. The molecule has 2 aromatic rings. The predicted molar refractivity (Wildman–Crippen MR) is 129 cm³/mol. The van der Waals surface area contributed by atoms with Gasteiger partial charge in [0.2, 0.25) is 0 Å². The number of esters is 1. The lowest BCUT2D eigenvalue weighted by Crippen LogP contribution is -2.49. The van der Waals surface area contributed by atoms with Gasteiger partial charge in [-0.2, -0.15) is 5.26 Å². The van der Waals surface area contributed by atoms with E-state index in [1.54, 1.807) is 43.1 Å². The largest absolute Gasteiger partial charge is 0.462 e. The van der Waals surface area contributed by atoms with Gasteiger partial charge in [0.05, 0.1) is 35.0 Å². The second kappa shape index (κ2) is 10.4. The molecule has 0 aromatic heterocycles. The Balaban J connectivity index is 1.92. The molecule has 0 aliphatic carbocycles. The van der Waals surface area contributed by atoms with Gasteiger partial charge in [-0.05, 0) is 43.5 Å². The minimum Gasteiger partial charge on any atom is -0.462 e. The fourth-order valence-corrected chi connectivity index (χ4v) is 4.55. The molecule has 8 heteroatoms. The molecule has 1 unspecified atom stereocenters. The average Bonchev–Trinajstić information content (AvgIpc) is 3.40. The van der Waals surface area contributed by atoms with Crippen LogP contribution in [0.5, 0.6) is 0 Å². The third kappa shape index (κ3) is 4.72. The Labute approximate surface area is 203 Å². The van der Waals surface area contributed by atoms with E-state index in [4.69, 9.17) is 15.0 Å².